The molecule has 0 N–H and O–H groups in total. The molecule has 2 nitrogen and oxygen atoms in total. The lowest BCUT2D eigenvalue weighted by Gasteiger charge is -2.29. The molecule has 0 aliphatic rings. The standard InChI is InChI=1S/C16H17F2NOS/c1-10(15-5-4-8-21-15)19(3)11(2)16(20)12-6-7-13(17)14(18)9-12/h4-11H,1-3H3. The molecule has 2 atom stereocenters. The molecule has 2 aromatic rings. The van der Waals surface area contributed by atoms with Crippen LogP contribution in [0.25, 0.3) is 0 Å². The largest absolute Gasteiger partial charge is 0.292 e. The van der Waals surface area contributed by atoms with Crippen LogP contribution in [0.2, 0.25) is 0 Å². The van der Waals surface area contributed by atoms with Crippen molar-refractivity contribution in [2.75, 3.05) is 7.05 Å². The summed E-state index contributed by atoms with van der Waals surface area (Å²) in [6.45, 7) is 3.79. The molecule has 0 aliphatic carbocycles. The fourth-order valence-corrected chi connectivity index (χ4v) is 2.98. The first-order chi connectivity index (χ1) is 9.91. The Labute approximate surface area is 127 Å². The summed E-state index contributed by atoms with van der Waals surface area (Å²) in [6.07, 6.45) is 0. The number of hydrogen-bond donors (Lipinski definition) is 0. The summed E-state index contributed by atoms with van der Waals surface area (Å²) >= 11 is 1.63. The first-order valence-electron chi connectivity index (χ1n) is 6.66. The maximum atomic E-state index is 13.2. The van der Waals surface area contributed by atoms with Crippen molar-refractivity contribution in [2.24, 2.45) is 0 Å². The highest BCUT2D eigenvalue weighted by atomic mass is 32.1. The van der Waals surface area contributed by atoms with Gasteiger partial charge in [-0.1, -0.05) is 6.07 Å². The highest BCUT2D eigenvalue weighted by molar-refractivity contribution is 7.10. The number of Topliss-reactive ketones (excluding diaryl/α,β-unsaturated/α-hetero) is 1. The van der Waals surface area contributed by atoms with E-state index in [9.17, 15) is 13.6 Å². The molecule has 0 spiro atoms. The van der Waals surface area contributed by atoms with Crippen LogP contribution in [0.5, 0.6) is 0 Å². The molecule has 1 heterocycles. The summed E-state index contributed by atoms with van der Waals surface area (Å²) in [5.41, 5.74) is 0.187. The Morgan fingerprint density at radius 1 is 1.19 bits per heavy atom. The third-order valence-corrected chi connectivity index (χ3v) is 4.80. The second kappa shape index (κ2) is 6.45. The van der Waals surface area contributed by atoms with Crippen molar-refractivity contribution in [1.29, 1.82) is 0 Å². The number of likely N-dealkylation sites (N-methyl/N-ethyl adjacent to an activating group) is 1. The number of thiophene rings is 1. The smallest absolute Gasteiger partial charge is 0.179 e. The lowest BCUT2D eigenvalue weighted by molar-refractivity contribution is 0.0828. The van der Waals surface area contributed by atoms with Crippen molar-refractivity contribution >= 4 is 17.1 Å². The van der Waals surface area contributed by atoms with Gasteiger partial charge < -0.3 is 0 Å². The molecule has 2 rings (SSSR count). The molecular formula is C16H17F2NOS. The van der Waals surface area contributed by atoms with Crippen molar-refractivity contribution in [1.82, 2.24) is 4.90 Å². The van der Waals surface area contributed by atoms with Crippen LogP contribution < -0.4 is 0 Å². The SMILES string of the molecule is CC(C(=O)c1ccc(F)c(F)c1)N(C)C(C)c1cccs1. The van der Waals surface area contributed by atoms with Gasteiger partial charge >= 0.3 is 0 Å². The van der Waals surface area contributed by atoms with Gasteiger partial charge in [-0.15, -0.1) is 11.3 Å². The quantitative estimate of drug-likeness (QED) is 0.768. The molecule has 2 unspecified atom stereocenters. The van der Waals surface area contributed by atoms with Crippen LogP contribution in [0.3, 0.4) is 0 Å². The summed E-state index contributed by atoms with van der Waals surface area (Å²) in [6, 6.07) is 6.89. The highest BCUT2D eigenvalue weighted by Gasteiger charge is 2.25. The molecule has 0 aliphatic heterocycles. The third kappa shape index (κ3) is 3.36. The van der Waals surface area contributed by atoms with Crippen LogP contribution in [0, 0.1) is 11.6 Å². The van der Waals surface area contributed by atoms with E-state index >= 15 is 0 Å². The lowest BCUT2D eigenvalue weighted by atomic mass is 10.0. The van der Waals surface area contributed by atoms with Crippen molar-refractivity contribution < 1.29 is 13.6 Å². The van der Waals surface area contributed by atoms with Gasteiger partial charge in [0.2, 0.25) is 0 Å². The molecule has 0 saturated heterocycles. The van der Waals surface area contributed by atoms with E-state index in [1.54, 1.807) is 18.3 Å². The molecule has 112 valence electrons. The van der Waals surface area contributed by atoms with Gasteiger partial charge in [0.1, 0.15) is 0 Å². The van der Waals surface area contributed by atoms with Gasteiger partial charge in [0.05, 0.1) is 6.04 Å². The summed E-state index contributed by atoms with van der Waals surface area (Å²) in [5.74, 6) is -2.17. The predicted octanol–water partition coefficient (Wildman–Crippen LogP) is 4.29. The van der Waals surface area contributed by atoms with Crippen LogP contribution in [-0.2, 0) is 0 Å². The van der Waals surface area contributed by atoms with Crippen LogP contribution in [0.4, 0.5) is 8.78 Å². The number of carbonyl (C=O) groups is 1. The monoisotopic (exact) mass is 309 g/mol. The van der Waals surface area contributed by atoms with E-state index in [0.29, 0.717) is 0 Å². The summed E-state index contributed by atoms with van der Waals surface area (Å²) in [7, 11) is 1.85. The summed E-state index contributed by atoms with van der Waals surface area (Å²) in [4.78, 5) is 15.5. The average Bonchev–Trinajstić information content (AvgIpc) is 3.01. The molecule has 0 bridgehead atoms. The van der Waals surface area contributed by atoms with Crippen molar-refractivity contribution in [3.63, 3.8) is 0 Å². The Morgan fingerprint density at radius 3 is 2.48 bits per heavy atom. The van der Waals surface area contributed by atoms with E-state index in [1.807, 2.05) is 36.4 Å². The molecule has 0 fully saturated rings. The zero-order chi connectivity index (χ0) is 15.6. The number of benzene rings is 1. The molecule has 0 saturated carbocycles. The number of halogens is 2. The van der Waals surface area contributed by atoms with E-state index < -0.39 is 17.7 Å². The first-order valence-corrected chi connectivity index (χ1v) is 7.54. The fraction of sp³-hybridized carbons (Fsp3) is 0.312. The minimum atomic E-state index is -0.998. The van der Waals surface area contributed by atoms with Crippen molar-refractivity contribution in [3.8, 4) is 0 Å². The number of hydrogen-bond acceptors (Lipinski definition) is 3. The van der Waals surface area contributed by atoms with Gasteiger partial charge in [0, 0.05) is 16.5 Å². The third-order valence-electron chi connectivity index (χ3n) is 3.76. The van der Waals surface area contributed by atoms with Gasteiger partial charge in [-0.3, -0.25) is 9.69 Å². The lowest BCUT2D eigenvalue weighted by Crippen LogP contribution is -2.37. The van der Waals surface area contributed by atoms with Crippen molar-refractivity contribution in [3.05, 3.63) is 57.8 Å². The Hall–Kier alpha value is -1.59. The van der Waals surface area contributed by atoms with E-state index in [2.05, 4.69) is 0 Å². The maximum absolute atomic E-state index is 13.2. The minimum Gasteiger partial charge on any atom is -0.292 e. The Morgan fingerprint density at radius 2 is 1.90 bits per heavy atom. The van der Waals surface area contributed by atoms with Crippen LogP contribution in [-0.4, -0.2) is 23.8 Å². The normalized spacial score (nSPS) is 14.2. The first kappa shape index (κ1) is 15.8. The number of carbonyl (C=O) groups excluding carboxylic acids is 1. The fourth-order valence-electron chi connectivity index (χ4n) is 2.14. The van der Waals surface area contributed by atoms with Gasteiger partial charge in [-0.05, 0) is 50.5 Å². The number of nitrogens with zero attached hydrogens (tertiary/aromatic N) is 1. The molecule has 0 radical (unpaired) electrons. The Bertz CT molecular complexity index is 627. The zero-order valence-corrected chi connectivity index (χ0v) is 13.0. The second-order valence-electron chi connectivity index (χ2n) is 5.03. The molecular weight excluding hydrogens is 292 g/mol. The molecule has 21 heavy (non-hydrogen) atoms. The van der Waals surface area contributed by atoms with E-state index in [1.165, 1.54) is 6.07 Å². The second-order valence-corrected chi connectivity index (χ2v) is 6.01. The summed E-state index contributed by atoms with van der Waals surface area (Å²) < 4.78 is 26.2. The van der Waals surface area contributed by atoms with Gasteiger partial charge in [-0.2, -0.15) is 0 Å². The molecule has 1 aromatic carbocycles. The number of ketones is 1. The van der Waals surface area contributed by atoms with Gasteiger partial charge in [0.15, 0.2) is 17.4 Å². The van der Waals surface area contributed by atoms with E-state index in [4.69, 9.17) is 0 Å². The Kier molecular flexibility index (Phi) is 4.85. The topological polar surface area (TPSA) is 20.3 Å². The molecule has 5 heteroatoms. The predicted molar refractivity (Wildman–Crippen MR) is 80.6 cm³/mol. The van der Waals surface area contributed by atoms with Crippen molar-refractivity contribution in [2.45, 2.75) is 25.9 Å². The molecule has 1 aromatic heterocycles. The van der Waals surface area contributed by atoms with Crippen LogP contribution in [0.15, 0.2) is 35.7 Å². The molecule has 0 amide bonds. The maximum Gasteiger partial charge on any atom is 0.179 e. The van der Waals surface area contributed by atoms with E-state index in [-0.39, 0.29) is 17.4 Å². The summed E-state index contributed by atoms with van der Waals surface area (Å²) in [5, 5.41) is 1.99. The highest BCUT2D eigenvalue weighted by Crippen LogP contribution is 2.26. The number of rotatable bonds is 5. The minimum absolute atomic E-state index is 0.0780. The average molecular weight is 309 g/mol. The van der Waals surface area contributed by atoms with Gasteiger partial charge in [-0.25, -0.2) is 8.78 Å². The Balaban J connectivity index is 2.16. The van der Waals surface area contributed by atoms with Crippen LogP contribution in [0.1, 0.15) is 35.1 Å². The zero-order valence-electron chi connectivity index (χ0n) is 12.1. The van der Waals surface area contributed by atoms with Gasteiger partial charge in [0.25, 0.3) is 0 Å². The van der Waals surface area contributed by atoms with Crippen LogP contribution >= 0.6 is 11.3 Å². The van der Waals surface area contributed by atoms with E-state index in [0.717, 1.165) is 17.0 Å².